The maximum Gasteiger partial charge on any atom is 0.338 e. The Hall–Kier alpha value is -4.49. The lowest BCUT2D eigenvalue weighted by atomic mass is 9.95. The van der Waals surface area contributed by atoms with Gasteiger partial charge in [0.2, 0.25) is 0 Å². The van der Waals surface area contributed by atoms with E-state index in [4.69, 9.17) is 18.6 Å². The number of esters is 1. The summed E-state index contributed by atoms with van der Waals surface area (Å²) in [6.45, 7) is 5.83. The van der Waals surface area contributed by atoms with E-state index in [1.54, 1.807) is 56.3 Å². The monoisotopic (exact) mass is 667 g/mol. The summed E-state index contributed by atoms with van der Waals surface area (Å²) in [4.78, 5) is 43.0. The number of nitrogens with zero attached hydrogens (tertiary/aromatic N) is 3. The number of hydrogen-bond donors (Lipinski definition) is 0. The predicted octanol–water partition coefficient (Wildman–Crippen LogP) is 5.14. The number of carbonyl (C=O) groups excluding carboxylic acids is 1. The van der Waals surface area contributed by atoms with Crippen molar-refractivity contribution in [3.63, 3.8) is 0 Å². The van der Waals surface area contributed by atoms with Crippen molar-refractivity contribution < 1.29 is 28.3 Å². The molecule has 222 valence electrons. The van der Waals surface area contributed by atoms with Gasteiger partial charge in [-0.2, -0.15) is 0 Å². The highest BCUT2D eigenvalue weighted by atomic mass is 79.9. The normalized spacial score (nSPS) is 14.7. The number of carbonyl (C=O) groups is 1. The van der Waals surface area contributed by atoms with Crippen molar-refractivity contribution >= 4 is 45.0 Å². The SMILES string of the molecule is CCOC(=O)C1=C(C)N=c2s/c(=C/c3ccc(-c4cccc([N+](=O)[O-])c4)o3)c(=O)n2[C@H]1c1cc(OC)c(OCC)cc1Br. The quantitative estimate of drug-likeness (QED) is 0.136. The molecule has 13 heteroatoms. The smallest absolute Gasteiger partial charge is 0.338 e. The van der Waals surface area contributed by atoms with Gasteiger partial charge in [0, 0.05) is 28.2 Å². The van der Waals surface area contributed by atoms with E-state index in [0.29, 0.717) is 60.3 Å². The lowest BCUT2D eigenvalue weighted by Gasteiger charge is -2.26. The summed E-state index contributed by atoms with van der Waals surface area (Å²) >= 11 is 4.76. The molecule has 1 aliphatic heterocycles. The number of fused-ring (bicyclic) bond motifs is 1. The Morgan fingerprint density at radius 3 is 2.67 bits per heavy atom. The highest BCUT2D eigenvalue weighted by Crippen LogP contribution is 2.41. The average Bonchev–Trinajstić information content (AvgIpc) is 3.57. The van der Waals surface area contributed by atoms with Gasteiger partial charge in [-0.25, -0.2) is 9.79 Å². The minimum Gasteiger partial charge on any atom is -0.493 e. The van der Waals surface area contributed by atoms with Gasteiger partial charge < -0.3 is 18.6 Å². The zero-order valence-corrected chi connectivity index (χ0v) is 26.0. The summed E-state index contributed by atoms with van der Waals surface area (Å²) in [6, 6.07) is 12.0. The van der Waals surface area contributed by atoms with Gasteiger partial charge in [0.05, 0.1) is 47.1 Å². The van der Waals surface area contributed by atoms with Crippen molar-refractivity contribution in [3.05, 3.63) is 105 Å². The van der Waals surface area contributed by atoms with Crippen LogP contribution in [0.5, 0.6) is 11.5 Å². The van der Waals surface area contributed by atoms with Crippen LogP contribution in [-0.2, 0) is 9.53 Å². The number of aromatic nitrogens is 1. The number of rotatable bonds is 9. The highest BCUT2D eigenvalue weighted by Gasteiger charge is 2.35. The van der Waals surface area contributed by atoms with Crippen LogP contribution in [0, 0.1) is 10.1 Å². The van der Waals surface area contributed by atoms with E-state index < -0.39 is 22.5 Å². The zero-order valence-electron chi connectivity index (χ0n) is 23.6. The molecule has 4 aromatic rings. The molecule has 11 nitrogen and oxygen atoms in total. The first-order chi connectivity index (χ1) is 20.7. The minimum absolute atomic E-state index is 0.0615. The van der Waals surface area contributed by atoms with Crippen LogP contribution in [0.25, 0.3) is 17.4 Å². The standard InChI is InChI=1S/C30H26BrN3O8S/c1-5-40-24-15-21(31)20(14-23(24)39-4)27-26(29(36)41-6-2)16(3)32-30-33(27)28(35)25(43-30)13-19-10-11-22(42-19)17-8-7-9-18(12-17)34(37)38/h7-15,27H,5-6H2,1-4H3/b25-13+/t27-/m0/s1. The third kappa shape index (κ3) is 5.77. The van der Waals surface area contributed by atoms with E-state index in [1.165, 1.54) is 23.8 Å². The molecule has 0 saturated heterocycles. The number of ether oxygens (including phenoxy) is 3. The Bertz CT molecular complexity index is 1960. The second-order valence-corrected chi connectivity index (χ2v) is 11.1. The van der Waals surface area contributed by atoms with Crippen LogP contribution >= 0.6 is 27.3 Å². The van der Waals surface area contributed by atoms with Crippen molar-refractivity contribution in [1.82, 2.24) is 4.57 Å². The third-order valence-corrected chi connectivity index (χ3v) is 8.31. The van der Waals surface area contributed by atoms with E-state index in [0.717, 1.165) is 11.3 Å². The molecule has 43 heavy (non-hydrogen) atoms. The number of nitro benzene ring substituents is 1. The number of furan rings is 1. The second kappa shape index (κ2) is 12.4. The van der Waals surface area contributed by atoms with E-state index in [1.807, 2.05) is 6.92 Å². The third-order valence-electron chi connectivity index (χ3n) is 6.64. The Morgan fingerprint density at radius 2 is 1.98 bits per heavy atom. The summed E-state index contributed by atoms with van der Waals surface area (Å²) in [5.74, 6) is 1.13. The molecule has 0 fully saturated rings. The van der Waals surface area contributed by atoms with Gasteiger partial charge in [0.1, 0.15) is 11.5 Å². The molecule has 5 rings (SSSR count). The molecule has 0 saturated carbocycles. The fraction of sp³-hybridized carbons (Fsp3) is 0.233. The summed E-state index contributed by atoms with van der Waals surface area (Å²) in [5.41, 5.74) is 1.29. The topological polar surface area (TPSA) is 135 Å². The van der Waals surface area contributed by atoms with Gasteiger partial charge in [-0.3, -0.25) is 19.5 Å². The Morgan fingerprint density at radius 1 is 1.19 bits per heavy atom. The van der Waals surface area contributed by atoms with E-state index in [2.05, 4.69) is 20.9 Å². The van der Waals surface area contributed by atoms with Gasteiger partial charge in [-0.05, 0) is 50.6 Å². The molecular weight excluding hydrogens is 642 g/mol. The predicted molar refractivity (Wildman–Crippen MR) is 163 cm³/mol. The summed E-state index contributed by atoms with van der Waals surface area (Å²) in [6.07, 6.45) is 1.58. The number of halogens is 1. The molecular formula is C30H26BrN3O8S. The number of hydrogen-bond acceptors (Lipinski definition) is 10. The summed E-state index contributed by atoms with van der Waals surface area (Å²) in [5, 5.41) is 11.2. The van der Waals surface area contributed by atoms with E-state index >= 15 is 0 Å². The van der Waals surface area contributed by atoms with Gasteiger partial charge in [-0.1, -0.05) is 39.4 Å². The lowest BCUT2D eigenvalue weighted by Crippen LogP contribution is -2.40. The van der Waals surface area contributed by atoms with E-state index in [9.17, 15) is 19.7 Å². The molecule has 0 aliphatic carbocycles. The van der Waals surface area contributed by atoms with Crippen LogP contribution in [-0.4, -0.2) is 35.8 Å². The fourth-order valence-electron chi connectivity index (χ4n) is 4.76. The summed E-state index contributed by atoms with van der Waals surface area (Å²) < 4.78 is 25.0. The highest BCUT2D eigenvalue weighted by molar-refractivity contribution is 9.10. The molecule has 0 bridgehead atoms. The molecule has 2 aromatic carbocycles. The van der Waals surface area contributed by atoms with Crippen LogP contribution < -0.4 is 24.4 Å². The Labute approximate surface area is 257 Å². The maximum atomic E-state index is 14.0. The first kappa shape index (κ1) is 30.0. The number of nitro groups is 1. The molecule has 2 aromatic heterocycles. The van der Waals surface area contributed by atoms with E-state index in [-0.39, 0.29) is 17.9 Å². The Balaban J connectivity index is 1.66. The number of thiazole rings is 1. The molecule has 0 radical (unpaired) electrons. The Kier molecular flexibility index (Phi) is 8.64. The van der Waals surface area contributed by atoms with Crippen molar-refractivity contribution in [2.45, 2.75) is 26.8 Å². The fourth-order valence-corrected chi connectivity index (χ4v) is 6.33. The number of allylic oxidation sites excluding steroid dienone is 1. The van der Waals surface area contributed by atoms with Crippen molar-refractivity contribution in [2.75, 3.05) is 20.3 Å². The van der Waals surface area contributed by atoms with Crippen molar-refractivity contribution in [2.24, 2.45) is 4.99 Å². The lowest BCUT2D eigenvalue weighted by molar-refractivity contribution is -0.384. The van der Waals surface area contributed by atoms with Crippen LogP contribution in [0.15, 0.2) is 78.5 Å². The van der Waals surface area contributed by atoms with Crippen LogP contribution in [0.1, 0.15) is 38.1 Å². The number of methoxy groups -OCH3 is 1. The zero-order chi connectivity index (χ0) is 30.8. The van der Waals surface area contributed by atoms with Crippen molar-refractivity contribution in [1.29, 1.82) is 0 Å². The van der Waals surface area contributed by atoms with Crippen LogP contribution in [0.3, 0.4) is 0 Å². The van der Waals surface area contributed by atoms with Crippen LogP contribution in [0.4, 0.5) is 5.69 Å². The maximum absolute atomic E-state index is 14.0. The average molecular weight is 669 g/mol. The molecule has 0 unspecified atom stereocenters. The van der Waals surface area contributed by atoms with Crippen LogP contribution in [0.2, 0.25) is 0 Å². The van der Waals surface area contributed by atoms with Crippen molar-refractivity contribution in [3.8, 4) is 22.8 Å². The molecule has 0 N–H and O–H groups in total. The minimum atomic E-state index is -0.881. The molecule has 0 spiro atoms. The number of non-ortho nitro benzene ring substituents is 1. The number of benzene rings is 2. The van der Waals surface area contributed by atoms with Gasteiger partial charge in [0.25, 0.3) is 11.2 Å². The molecule has 1 atom stereocenters. The second-order valence-electron chi connectivity index (χ2n) is 9.27. The first-order valence-electron chi connectivity index (χ1n) is 13.2. The molecule has 3 heterocycles. The van der Waals surface area contributed by atoms with Gasteiger partial charge in [-0.15, -0.1) is 0 Å². The largest absolute Gasteiger partial charge is 0.493 e. The van der Waals surface area contributed by atoms with Gasteiger partial charge >= 0.3 is 5.97 Å². The first-order valence-corrected chi connectivity index (χ1v) is 14.8. The molecule has 1 aliphatic rings. The van der Waals surface area contributed by atoms with Gasteiger partial charge in [0.15, 0.2) is 16.3 Å². The molecule has 0 amide bonds. The summed E-state index contributed by atoms with van der Waals surface area (Å²) in [7, 11) is 1.51.